The van der Waals surface area contributed by atoms with Crippen molar-refractivity contribution in [3.63, 3.8) is 0 Å². The van der Waals surface area contributed by atoms with E-state index in [1.165, 1.54) is 30.1 Å². The van der Waals surface area contributed by atoms with Crippen LogP contribution in [0, 0.1) is 10.1 Å². The molecule has 1 aromatic rings. The summed E-state index contributed by atoms with van der Waals surface area (Å²) in [6, 6.07) is 5.80. The number of nitro groups is 1. The molecular weight excluding hydrogens is 408 g/mol. The minimum absolute atomic E-state index is 0. The van der Waals surface area contributed by atoms with Gasteiger partial charge in [-0.2, -0.15) is 0 Å². The van der Waals surface area contributed by atoms with E-state index in [1.807, 2.05) is 0 Å². The number of para-hydroxylation sites is 2. The second-order valence-electron chi connectivity index (χ2n) is 4.02. The Morgan fingerprint density at radius 1 is 1.19 bits per heavy atom. The molecule has 1 aromatic carbocycles. The first-order valence-electron chi connectivity index (χ1n) is 5.69. The third kappa shape index (κ3) is 11.3. The number of hydrogen-bond donors (Lipinski definition) is 2. The molecule has 2 N–H and O–H groups in total. The second kappa shape index (κ2) is 12.9. The Labute approximate surface area is 149 Å². The quantitative estimate of drug-likeness (QED) is 0.178. The Morgan fingerprint density at radius 2 is 1.69 bits per heavy atom. The summed E-state index contributed by atoms with van der Waals surface area (Å²) in [4.78, 5) is 39.3. The number of phosphoric acid groups is 2. The van der Waals surface area contributed by atoms with E-state index in [1.54, 1.807) is 6.07 Å². The molecule has 2 unspecified atom stereocenters. The number of phosphoric ester groups is 1. The van der Waals surface area contributed by atoms with Crippen LogP contribution in [0.15, 0.2) is 24.3 Å². The Morgan fingerprint density at radius 3 is 2.15 bits per heavy atom. The van der Waals surface area contributed by atoms with E-state index in [9.17, 15) is 24.1 Å². The van der Waals surface area contributed by atoms with Gasteiger partial charge >= 0.3 is 17.9 Å². The van der Waals surface area contributed by atoms with Gasteiger partial charge in [-0.1, -0.05) is 12.1 Å². The topological polar surface area (TPSA) is 162 Å². The van der Waals surface area contributed by atoms with Gasteiger partial charge in [0.1, 0.15) is 5.69 Å². The summed E-state index contributed by atoms with van der Waals surface area (Å²) in [5.41, 5.74) is 0.0642. The van der Waals surface area contributed by atoms with Crippen LogP contribution in [0.25, 0.3) is 0 Å². The van der Waals surface area contributed by atoms with Crippen LogP contribution in [-0.4, -0.2) is 45.0 Å². The van der Waals surface area contributed by atoms with E-state index >= 15 is 0 Å². The fraction of sp³-hybridized carbons (Fsp3) is 0.333. The maximum atomic E-state index is 11.2. The zero-order chi connectivity index (χ0) is 17.0. The summed E-state index contributed by atoms with van der Waals surface area (Å²) in [7, 11) is -8.93. The average molecular weight is 421 g/mol. The Kier molecular flexibility index (Phi) is 16.0. The fourth-order valence-corrected chi connectivity index (χ4v) is 3.05. The number of rotatable bonds is 8. The molecule has 0 spiro atoms. The summed E-state index contributed by atoms with van der Waals surface area (Å²) < 4.78 is 29.4. The van der Waals surface area contributed by atoms with Gasteiger partial charge in [-0.3, -0.25) is 19.2 Å². The molecule has 26 heavy (non-hydrogen) atoms. The third-order valence-corrected chi connectivity index (χ3v) is 4.54. The molecule has 0 saturated heterocycles. The molecule has 11 nitrogen and oxygen atoms in total. The molecule has 0 aliphatic heterocycles. The van der Waals surface area contributed by atoms with E-state index in [2.05, 4.69) is 8.83 Å². The van der Waals surface area contributed by atoms with Gasteiger partial charge in [0.15, 0.2) is 0 Å². The van der Waals surface area contributed by atoms with E-state index in [0.29, 0.717) is 0 Å². The Hall–Kier alpha value is -1.36. The number of nitro benzene ring substituents is 1. The van der Waals surface area contributed by atoms with Crippen molar-refractivity contribution in [3.8, 4) is 0 Å². The van der Waals surface area contributed by atoms with Crippen LogP contribution < -0.4 is 23.9 Å². The molecule has 2 atom stereocenters. The van der Waals surface area contributed by atoms with Crippen LogP contribution in [0.1, 0.15) is 0 Å². The van der Waals surface area contributed by atoms with Crippen LogP contribution >= 0.6 is 15.6 Å². The van der Waals surface area contributed by atoms with Crippen molar-refractivity contribution in [3.05, 3.63) is 34.4 Å². The molecule has 0 radical (unpaired) electrons. The average Bonchev–Trinajstić information content (AvgIpc) is 2.35. The number of nitrogens with zero attached hydrogens (tertiary/aromatic N) is 2. The molecule has 0 aliphatic rings. The molecule has 1 rings (SSSR count). The van der Waals surface area contributed by atoms with Crippen molar-refractivity contribution in [2.75, 3.05) is 25.1 Å². The van der Waals surface area contributed by atoms with Crippen molar-refractivity contribution in [2.45, 2.75) is 0 Å². The SMILES string of the molecule is CN(CCOP(=O)(O)OP(=O)([O-])O)c1ccccc1[N+](=O)[O-].[Be+2].[F-].[F-].[F-]. The summed E-state index contributed by atoms with van der Waals surface area (Å²) in [5.74, 6) is 0. The normalized spacial score (nSPS) is 14.0. The van der Waals surface area contributed by atoms with Crippen LogP contribution in [-0.2, 0) is 18.0 Å². The van der Waals surface area contributed by atoms with Crippen LogP contribution in [0.4, 0.5) is 11.4 Å². The van der Waals surface area contributed by atoms with Gasteiger partial charge in [0, 0.05) is 19.7 Å². The van der Waals surface area contributed by atoms with Crippen molar-refractivity contribution in [1.82, 2.24) is 0 Å². The Balaban J connectivity index is -0.000000605. The van der Waals surface area contributed by atoms with E-state index in [0.717, 1.165) is 0 Å². The maximum absolute atomic E-state index is 11.2. The number of likely N-dealkylation sites (N-methyl/N-ethyl adjacent to an activating group) is 1. The summed E-state index contributed by atoms with van der Waals surface area (Å²) in [6.45, 7) is -0.552. The van der Waals surface area contributed by atoms with Gasteiger partial charge in [0.25, 0.3) is 13.5 Å². The van der Waals surface area contributed by atoms with Gasteiger partial charge in [0.2, 0.25) is 0 Å². The van der Waals surface area contributed by atoms with Crippen LogP contribution in [0.5, 0.6) is 0 Å². The molecule has 0 fully saturated rings. The minimum atomic E-state index is -5.42. The van der Waals surface area contributed by atoms with Gasteiger partial charge < -0.3 is 33.7 Å². The molecule has 0 heterocycles. The second-order valence-corrected chi connectivity index (χ2v) is 6.80. The van der Waals surface area contributed by atoms with Gasteiger partial charge in [-0.05, 0) is 6.07 Å². The van der Waals surface area contributed by atoms with Crippen LogP contribution in [0.3, 0.4) is 0 Å². The minimum Gasteiger partial charge on any atom is -1.00 e. The van der Waals surface area contributed by atoms with Crippen molar-refractivity contribution < 1.29 is 51.7 Å². The molecule has 0 aromatic heterocycles. The largest absolute Gasteiger partial charge is 2.00 e. The molecular formula is C9H13BeF3N2O9P2-2. The van der Waals surface area contributed by atoms with Crippen LogP contribution in [0.2, 0.25) is 0 Å². The molecule has 17 heteroatoms. The van der Waals surface area contributed by atoms with Crippen molar-refractivity contribution in [2.24, 2.45) is 0 Å². The van der Waals surface area contributed by atoms with E-state index in [4.69, 9.17) is 9.79 Å². The summed E-state index contributed by atoms with van der Waals surface area (Å²) >= 11 is 0. The first kappa shape index (κ1) is 32.3. The number of halogens is 3. The van der Waals surface area contributed by atoms with Gasteiger partial charge in [-0.15, -0.1) is 0 Å². The van der Waals surface area contributed by atoms with E-state index in [-0.39, 0.29) is 42.2 Å². The van der Waals surface area contributed by atoms with Crippen molar-refractivity contribution in [1.29, 1.82) is 0 Å². The first-order valence-corrected chi connectivity index (χ1v) is 8.68. The van der Waals surface area contributed by atoms with Gasteiger partial charge in [-0.25, -0.2) is 8.88 Å². The first-order chi connectivity index (χ1) is 10.0. The molecule has 0 saturated carbocycles. The third-order valence-electron chi connectivity index (χ3n) is 2.38. The number of hydrogen-bond acceptors (Lipinski definition) is 8. The molecule has 0 amide bonds. The standard InChI is InChI=1S/C9H14N2O9P2.Be.3FH/c1-10(8-4-2-3-5-9(8)11(12)13)6-7-19-22(17,18)20-21(14,15)16;;;;/h2-5H,6-7H2,1H3,(H,17,18)(H2,14,15,16);;3*1H/q;+2;;;/p-4. The van der Waals surface area contributed by atoms with E-state index < -0.39 is 27.2 Å². The molecule has 0 bridgehead atoms. The predicted octanol–water partition coefficient (Wildman–Crippen LogP) is -8.74. The smallest absolute Gasteiger partial charge is 1.00 e. The zero-order valence-corrected chi connectivity index (χ0v) is 14.9. The van der Waals surface area contributed by atoms with Crippen molar-refractivity contribution >= 4 is 37.1 Å². The molecule has 148 valence electrons. The maximum Gasteiger partial charge on any atom is 2.00 e. The monoisotopic (exact) mass is 421 g/mol. The molecule has 0 aliphatic carbocycles. The Bertz CT molecular complexity index is 651. The van der Waals surface area contributed by atoms with Gasteiger partial charge in [0.05, 0.1) is 11.5 Å². The predicted molar refractivity (Wildman–Crippen MR) is 78.8 cm³/mol. The summed E-state index contributed by atoms with van der Waals surface area (Å²) in [6.07, 6.45) is 0. The fourth-order valence-electron chi connectivity index (χ4n) is 1.51. The summed E-state index contributed by atoms with van der Waals surface area (Å²) in [5, 5.41) is 10.9. The zero-order valence-electron chi connectivity index (χ0n) is 13.1. The number of benzene rings is 1. The number of anilines is 1.